The number of hydrogen-bond acceptors (Lipinski definition) is 8. The van der Waals surface area contributed by atoms with Gasteiger partial charge in [0.1, 0.15) is 42.1 Å². The fraction of sp³-hybridized carbons (Fsp3) is 0.457. The van der Waals surface area contributed by atoms with Crippen molar-refractivity contribution in [2.24, 2.45) is 0 Å². The van der Waals surface area contributed by atoms with Crippen LogP contribution >= 0.6 is 0 Å². The summed E-state index contributed by atoms with van der Waals surface area (Å²) in [6.07, 6.45) is 1.92. The summed E-state index contributed by atoms with van der Waals surface area (Å²) in [6, 6.07) is 19.3. The number of likely N-dealkylation sites (tertiary alicyclic amines) is 1. The molecule has 4 aliphatic heterocycles. The van der Waals surface area contributed by atoms with Crippen molar-refractivity contribution in [2.45, 2.75) is 62.4 Å². The first kappa shape index (κ1) is 28.9. The molecule has 10 heteroatoms. The quantitative estimate of drug-likeness (QED) is 0.304. The van der Waals surface area contributed by atoms with E-state index in [4.69, 9.17) is 28.7 Å². The van der Waals surface area contributed by atoms with Gasteiger partial charge >= 0.3 is 0 Å². The van der Waals surface area contributed by atoms with Gasteiger partial charge in [0.2, 0.25) is 0 Å². The van der Waals surface area contributed by atoms with Crippen molar-refractivity contribution >= 4 is 11.0 Å². The van der Waals surface area contributed by atoms with Crippen LogP contribution in [0, 0.1) is 5.82 Å². The molecule has 0 saturated carbocycles. The molecule has 4 aromatic rings. The molecule has 0 spiro atoms. The Labute approximate surface area is 261 Å². The second kappa shape index (κ2) is 12.0. The number of ether oxygens (including phenoxy) is 5. The molecule has 45 heavy (non-hydrogen) atoms. The van der Waals surface area contributed by atoms with Crippen LogP contribution in [0.5, 0.6) is 11.6 Å². The number of likely N-dealkylation sites (N-methyl/N-ethyl adjacent to an activating group) is 1. The largest absolute Gasteiger partial charge is 0.489 e. The topological polar surface area (TPSA) is 87.4 Å². The van der Waals surface area contributed by atoms with E-state index in [-0.39, 0.29) is 30.7 Å². The fourth-order valence-corrected chi connectivity index (χ4v) is 7.05. The Kier molecular flexibility index (Phi) is 7.71. The summed E-state index contributed by atoms with van der Waals surface area (Å²) in [5, 5.41) is 10.2. The monoisotopic (exact) mass is 615 g/mol. The highest BCUT2D eigenvalue weighted by atomic mass is 19.1. The first-order chi connectivity index (χ1) is 22.0. The van der Waals surface area contributed by atoms with E-state index in [2.05, 4.69) is 24.1 Å². The molecule has 4 fully saturated rings. The summed E-state index contributed by atoms with van der Waals surface area (Å²) in [5.41, 5.74) is 4.28. The fourth-order valence-electron chi connectivity index (χ4n) is 7.05. The number of fused-ring (bicyclic) bond motifs is 2. The minimum atomic E-state index is -0.668. The molecular formula is C35H38FN3O6. The van der Waals surface area contributed by atoms with Gasteiger partial charge in [0, 0.05) is 37.4 Å². The molecule has 6 atom stereocenters. The zero-order chi connectivity index (χ0) is 30.5. The summed E-state index contributed by atoms with van der Waals surface area (Å²) < 4.78 is 48.0. The maximum Gasteiger partial charge on any atom is 0.198 e. The molecule has 0 bridgehead atoms. The molecule has 2 aromatic heterocycles. The van der Waals surface area contributed by atoms with Crippen molar-refractivity contribution in [1.29, 1.82) is 0 Å². The molecule has 2 aromatic carbocycles. The van der Waals surface area contributed by atoms with E-state index in [0.717, 1.165) is 55.6 Å². The van der Waals surface area contributed by atoms with E-state index >= 15 is 4.39 Å². The predicted octanol–water partition coefficient (Wildman–Crippen LogP) is 5.20. The predicted molar refractivity (Wildman–Crippen MR) is 166 cm³/mol. The number of aliphatic hydroxyl groups excluding tert-OH is 1. The van der Waals surface area contributed by atoms with Gasteiger partial charge in [-0.2, -0.15) is 0 Å². The summed E-state index contributed by atoms with van der Waals surface area (Å²) in [5.74, 6) is 0.989. The number of nitrogens with zero attached hydrogens (tertiary/aromatic N) is 3. The lowest BCUT2D eigenvalue weighted by atomic mass is 10.0. The van der Waals surface area contributed by atoms with Crippen LogP contribution in [0.2, 0.25) is 0 Å². The molecule has 0 radical (unpaired) electrons. The van der Waals surface area contributed by atoms with Crippen LogP contribution in [0.3, 0.4) is 0 Å². The lowest BCUT2D eigenvalue weighted by Gasteiger charge is -2.27. The van der Waals surface area contributed by atoms with Gasteiger partial charge in [-0.1, -0.05) is 36.4 Å². The standard InChI is InChI=1S/C35H38FN3O6/c1-38-14-13-25(18-38)44-24-11-9-22(10-12-24)21-5-7-23(8-6-21)33-26(36)16-28-27(37-33)17-32(39(28)31-4-2-3-15-41-31)45-30-20-43-34-29(40)19-42-35(30)34/h5-12,16-17,25,29-31,34-35,40H,2-4,13-15,18-20H2,1H3/t25?,29-,30-,31?,34-,35-/m1/s1. The summed E-state index contributed by atoms with van der Waals surface area (Å²) in [7, 11) is 2.11. The van der Waals surface area contributed by atoms with E-state index < -0.39 is 24.1 Å². The van der Waals surface area contributed by atoms with E-state index in [1.54, 1.807) is 0 Å². The highest BCUT2D eigenvalue weighted by Crippen LogP contribution is 2.38. The SMILES string of the molecule is CN1CCC(Oc2ccc(-c3ccc(-c4nc5cc(O[C@@H]6CO[C@H]7[C@@H]6OC[C@H]7O)n(C6CCCCO6)c5cc4F)cc3)cc2)C1. The van der Waals surface area contributed by atoms with Crippen molar-refractivity contribution in [3.05, 3.63) is 66.5 Å². The zero-order valence-corrected chi connectivity index (χ0v) is 25.3. The molecule has 8 rings (SSSR count). The van der Waals surface area contributed by atoms with Crippen LogP contribution in [-0.2, 0) is 14.2 Å². The van der Waals surface area contributed by atoms with E-state index in [0.29, 0.717) is 35.7 Å². The number of aromatic nitrogens is 2. The van der Waals surface area contributed by atoms with Crippen LogP contribution in [-0.4, -0.2) is 90.0 Å². The first-order valence-electron chi connectivity index (χ1n) is 16.0. The average Bonchev–Trinajstić information content (AvgIpc) is 3.83. The van der Waals surface area contributed by atoms with Crippen LogP contribution in [0.15, 0.2) is 60.7 Å². The molecule has 4 saturated heterocycles. The molecule has 4 aliphatic rings. The molecule has 2 unspecified atom stereocenters. The van der Waals surface area contributed by atoms with Crippen LogP contribution < -0.4 is 9.47 Å². The lowest BCUT2D eigenvalue weighted by molar-refractivity contribution is -0.0392. The Bertz CT molecular complexity index is 1650. The number of hydrogen-bond donors (Lipinski definition) is 1. The third-order valence-electron chi connectivity index (χ3n) is 9.44. The maximum atomic E-state index is 15.8. The number of rotatable bonds is 7. The van der Waals surface area contributed by atoms with Gasteiger partial charge < -0.3 is 33.7 Å². The number of aliphatic hydroxyl groups is 1. The molecule has 0 aliphatic carbocycles. The smallest absolute Gasteiger partial charge is 0.198 e. The molecule has 0 amide bonds. The maximum absolute atomic E-state index is 15.8. The lowest BCUT2D eigenvalue weighted by Crippen LogP contribution is -2.35. The van der Waals surface area contributed by atoms with Crippen LogP contribution in [0.25, 0.3) is 33.4 Å². The molecule has 6 heterocycles. The molecular weight excluding hydrogens is 577 g/mol. The molecule has 236 valence electrons. The van der Waals surface area contributed by atoms with E-state index in [1.807, 2.05) is 47.0 Å². The van der Waals surface area contributed by atoms with Gasteiger partial charge in [-0.25, -0.2) is 9.37 Å². The summed E-state index contributed by atoms with van der Waals surface area (Å²) >= 11 is 0. The number of pyridine rings is 1. The van der Waals surface area contributed by atoms with Gasteiger partial charge in [0.25, 0.3) is 0 Å². The second-order valence-electron chi connectivity index (χ2n) is 12.6. The highest BCUT2D eigenvalue weighted by molar-refractivity contribution is 5.82. The highest BCUT2D eigenvalue weighted by Gasteiger charge is 2.49. The summed E-state index contributed by atoms with van der Waals surface area (Å²) in [6.45, 7) is 3.16. The van der Waals surface area contributed by atoms with Gasteiger partial charge in [0.15, 0.2) is 17.8 Å². The van der Waals surface area contributed by atoms with Gasteiger partial charge in [0.05, 0.1) is 24.2 Å². The van der Waals surface area contributed by atoms with Crippen molar-refractivity contribution in [3.8, 4) is 34.0 Å². The van der Waals surface area contributed by atoms with Crippen LogP contribution in [0.4, 0.5) is 4.39 Å². The van der Waals surface area contributed by atoms with Crippen molar-refractivity contribution in [2.75, 3.05) is 40.0 Å². The summed E-state index contributed by atoms with van der Waals surface area (Å²) in [4.78, 5) is 7.07. The van der Waals surface area contributed by atoms with Crippen molar-refractivity contribution < 1.29 is 33.2 Å². The Morgan fingerprint density at radius 2 is 1.62 bits per heavy atom. The van der Waals surface area contributed by atoms with Crippen molar-refractivity contribution in [1.82, 2.24) is 14.5 Å². The van der Waals surface area contributed by atoms with E-state index in [9.17, 15) is 5.11 Å². The minimum Gasteiger partial charge on any atom is -0.489 e. The van der Waals surface area contributed by atoms with Gasteiger partial charge in [-0.15, -0.1) is 0 Å². The average molecular weight is 616 g/mol. The number of halogens is 1. The van der Waals surface area contributed by atoms with Gasteiger partial charge in [-0.3, -0.25) is 4.57 Å². The Balaban J connectivity index is 1.06. The Morgan fingerprint density at radius 1 is 0.867 bits per heavy atom. The first-order valence-corrected chi connectivity index (χ1v) is 16.0. The van der Waals surface area contributed by atoms with Crippen molar-refractivity contribution in [3.63, 3.8) is 0 Å². The Hall–Kier alpha value is -3.54. The van der Waals surface area contributed by atoms with Gasteiger partial charge in [-0.05, 0) is 56.0 Å². The normalized spacial score (nSPS) is 28.5. The minimum absolute atomic E-state index is 0.219. The third-order valence-corrected chi connectivity index (χ3v) is 9.44. The zero-order valence-electron chi connectivity index (χ0n) is 25.3. The second-order valence-corrected chi connectivity index (χ2v) is 12.6. The molecule has 9 nitrogen and oxygen atoms in total. The number of benzene rings is 2. The third kappa shape index (κ3) is 5.59. The molecule has 1 N–H and O–H groups in total. The van der Waals surface area contributed by atoms with E-state index in [1.165, 1.54) is 6.07 Å². The van der Waals surface area contributed by atoms with Crippen LogP contribution in [0.1, 0.15) is 31.9 Å². The Morgan fingerprint density at radius 3 is 2.36 bits per heavy atom.